The van der Waals surface area contributed by atoms with E-state index in [2.05, 4.69) is 4.98 Å². The maximum Gasteiger partial charge on any atom is 0.333 e. The van der Waals surface area contributed by atoms with Crippen LogP contribution < -0.4 is 4.74 Å². The number of halogens is 1. The van der Waals surface area contributed by atoms with Crippen LogP contribution in [0.25, 0.3) is 0 Å². The highest BCUT2D eigenvalue weighted by Crippen LogP contribution is 2.15. The summed E-state index contributed by atoms with van der Waals surface area (Å²) >= 11 is 0. The first-order valence-electron chi connectivity index (χ1n) is 8.63. The molecule has 0 bridgehead atoms. The van der Waals surface area contributed by atoms with Crippen LogP contribution >= 0.6 is 0 Å². The molecule has 0 saturated carbocycles. The zero-order valence-electron chi connectivity index (χ0n) is 15.1. The van der Waals surface area contributed by atoms with Crippen LogP contribution in [0.2, 0.25) is 0 Å². The number of carbonyl (C=O) groups is 2. The van der Waals surface area contributed by atoms with Gasteiger partial charge in [0.05, 0.1) is 6.61 Å². The van der Waals surface area contributed by atoms with Gasteiger partial charge >= 0.3 is 5.97 Å². The molecule has 6 nitrogen and oxygen atoms in total. The minimum Gasteiger partial charge on any atom is -0.485 e. The van der Waals surface area contributed by atoms with Gasteiger partial charge in [-0.25, -0.2) is 9.18 Å². The van der Waals surface area contributed by atoms with Gasteiger partial charge in [0.2, 0.25) is 5.78 Å². The maximum absolute atomic E-state index is 12.2. The minimum absolute atomic E-state index is 0.113. The number of Topliss-reactive ketones (excluding diaryl/α,β-unsaturated/α-hetero) is 1. The zero-order chi connectivity index (χ0) is 19.6. The van der Waals surface area contributed by atoms with Crippen molar-refractivity contribution in [2.24, 2.45) is 0 Å². The van der Waals surface area contributed by atoms with Crippen LogP contribution in [0.5, 0.6) is 5.75 Å². The van der Waals surface area contributed by atoms with E-state index in [-0.39, 0.29) is 25.4 Å². The van der Waals surface area contributed by atoms with Crippen molar-refractivity contribution in [1.29, 1.82) is 0 Å². The molecule has 1 aromatic heterocycles. The van der Waals surface area contributed by atoms with Gasteiger partial charge in [0.1, 0.15) is 18.1 Å². The number of ether oxygens (including phenoxy) is 2. The van der Waals surface area contributed by atoms with E-state index in [4.69, 9.17) is 14.6 Å². The van der Waals surface area contributed by atoms with Crippen molar-refractivity contribution >= 4 is 11.8 Å². The second kappa shape index (κ2) is 10.4. The topological polar surface area (TPSA) is 85.7 Å². The molecule has 2 aromatic rings. The lowest BCUT2D eigenvalue weighted by atomic mass is 10.1. The number of aromatic nitrogens is 1. The number of pyridine rings is 1. The van der Waals surface area contributed by atoms with E-state index in [1.165, 1.54) is 0 Å². The van der Waals surface area contributed by atoms with Crippen LogP contribution in [0.4, 0.5) is 4.39 Å². The van der Waals surface area contributed by atoms with Crippen molar-refractivity contribution < 1.29 is 28.6 Å². The first-order valence-corrected chi connectivity index (χ1v) is 8.63. The van der Waals surface area contributed by atoms with Gasteiger partial charge in [-0.2, -0.15) is 0 Å². The Balaban J connectivity index is 1.88. The fourth-order valence-corrected chi connectivity index (χ4v) is 2.36. The maximum atomic E-state index is 12.2. The molecule has 27 heavy (non-hydrogen) atoms. The Kier molecular flexibility index (Phi) is 7.88. The van der Waals surface area contributed by atoms with Gasteiger partial charge in [-0.1, -0.05) is 25.1 Å². The number of carboxylic acids is 1. The third-order valence-electron chi connectivity index (χ3n) is 3.90. The van der Waals surface area contributed by atoms with Crippen LogP contribution in [-0.4, -0.2) is 47.8 Å². The number of aryl methyl sites for hydroxylation is 1. The van der Waals surface area contributed by atoms with E-state index in [1.807, 2.05) is 13.0 Å². The molecule has 0 fully saturated rings. The molecule has 1 unspecified atom stereocenters. The summed E-state index contributed by atoms with van der Waals surface area (Å²) < 4.78 is 22.6. The third kappa shape index (κ3) is 6.45. The van der Waals surface area contributed by atoms with E-state index in [1.54, 1.807) is 36.5 Å². The largest absolute Gasteiger partial charge is 0.485 e. The van der Waals surface area contributed by atoms with E-state index < -0.39 is 18.7 Å². The highest BCUT2D eigenvalue weighted by Gasteiger charge is 2.18. The molecule has 0 amide bonds. The van der Waals surface area contributed by atoms with E-state index in [0.717, 1.165) is 12.0 Å². The Morgan fingerprint density at radius 2 is 1.85 bits per heavy atom. The first-order chi connectivity index (χ1) is 13.0. The number of ketones is 1. The summed E-state index contributed by atoms with van der Waals surface area (Å²) in [5, 5.41) is 9.09. The van der Waals surface area contributed by atoms with Crippen LogP contribution in [0.3, 0.4) is 0 Å². The number of alkyl halides is 1. The average Bonchev–Trinajstić information content (AvgIpc) is 2.70. The summed E-state index contributed by atoms with van der Waals surface area (Å²) in [5.41, 5.74) is 2.10. The van der Waals surface area contributed by atoms with Crippen molar-refractivity contribution in [2.75, 3.05) is 19.9 Å². The van der Waals surface area contributed by atoms with Crippen molar-refractivity contribution in [2.45, 2.75) is 25.9 Å². The lowest BCUT2D eigenvalue weighted by Gasteiger charge is -2.13. The molecule has 1 N–H and O–H groups in total. The number of aliphatic carboxylic acids is 1. The number of benzene rings is 1. The Labute approximate surface area is 157 Å². The summed E-state index contributed by atoms with van der Waals surface area (Å²) in [6, 6.07) is 10.2. The van der Waals surface area contributed by atoms with Crippen LogP contribution in [0.15, 0.2) is 42.6 Å². The second-order valence-corrected chi connectivity index (χ2v) is 5.85. The molecule has 0 radical (unpaired) electrons. The fraction of sp³-hybridized carbons (Fsp3) is 0.350. The molecule has 1 atom stereocenters. The average molecular weight is 375 g/mol. The van der Waals surface area contributed by atoms with Gasteiger partial charge < -0.3 is 14.6 Å². The molecule has 1 heterocycles. The number of rotatable bonds is 11. The Hall–Kier alpha value is -2.80. The number of hydrogen-bond acceptors (Lipinski definition) is 5. The molecule has 0 aliphatic heterocycles. The molecule has 144 valence electrons. The molecular formula is C20H22FNO5. The van der Waals surface area contributed by atoms with Crippen LogP contribution in [0, 0.1) is 0 Å². The molecule has 0 spiro atoms. The quantitative estimate of drug-likeness (QED) is 0.608. The molecular weight excluding hydrogens is 353 g/mol. The lowest BCUT2D eigenvalue weighted by molar-refractivity contribution is -0.150. The molecule has 0 saturated heterocycles. The lowest BCUT2D eigenvalue weighted by Crippen LogP contribution is -2.27. The number of carboxylic acid groups (broad SMARTS) is 1. The van der Waals surface area contributed by atoms with Gasteiger partial charge in [-0.15, -0.1) is 0 Å². The van der Waals surface area contributed by atoms with Crippen molar-refractivity contribution in [1.82, 2.24) is 4.98 Å². The van der Waals surface area contributed by atoms with Gasteiger partial charge in [0, 0.05) is 12.6 Å². The first kappa shape index (κ1) is 20.5. The molecule has 0 aliphatic rings. The zero-order valence-corrected chi connectivity index (χ0v) is 15.1. The highest BCUT2D eigenvalue weighted by atomic mass is 19.1. The second-order valence-electron chi connectivity index (χ2n) is 5.85. The van der Waals surface area contributed by atoms with Gasteiger partial charge in [-0.05, 0) is 35.7 Å². The number of carbonyl (C=O) groups excluding carboxylic acids is 1. The molecule has 0 aliphatic carbocycles. The van der Waals surface area contributed by atoms with Crippen LogP contribution in [-0.2, 0) is 22.4 Å². The van der Waals surface area contributed by atoms with Crippen molar-refractivity contribution in [3.8, 4) is 5.75 Å². The van der Waals surface area contributed by atoms with Crippen LogP contribution in [0.1, 0.15) is 28.5 Å². The SMILES string of the molecule is CCc1ccc(C(=O)COc2ccc(CC(OCCF)C(=O)O)cc2)nc1. The summed E-state index contributed by atoms with van der Waals surface area (Å²) in [6.45, 7) is 0.875. The summed E-state index contributed by atoms with van der Waals surface area (Å²) in [4.78, 5) is 27.3. The summed E-state index contributed by atoms with van der Waals surface area (Å²) in [6.07, 6.45) is 1.53. The minimum atomic E-state index is -1.14. The normalized spacial score (nSPS) is 11.8. The predicted molar refractivity (Wildman–Crippen MR) is 96.9 cm³/mol. The number of nitrogens with zero attached hydrogens (tertiary/aromatic N) is 1. The van der Waals surface area contributed by atoms with E-state index >= 15 is 0 Å². The summed E-state index contributed by atoms with van der Waals surface area (Å²) in [5.74, 6) is -0.892. The van der Waals surface area contributed by atoms with Crippen molar-refractivity contribution in [3.05, 3.63) is 59.4 Å². The summed E-state index contributed by atoms with van der Waals surface area (Å²) in [7, 11) is 0. The predicted octanol–water partition coefficient (Wildman–Crippen LogP) is 2.89. The Morgan fingerprint density at radius 3 is 2.41 bits per heavy atom. The molecule has 7 heteroatoms. The van der Waals surface area contributed by atoms with Crippen molar-refractivity contribution in [3.63, 3.8) is 0 Å². The Morgan fingerprint density at radius 1 is 1.15 bits per heavy atom. The van der Waals surface area contributed by atoms with Gasteiger partial charge in [0.25, 0.3) is 0 Å². The van der Waals surface area contributed by atoms with Gasteiger partial charge in [0.15, 0.2) is 12.7 Å². The Bertz CT molecular complexity index is 746. The third-order valence-corrected chi connectivity index (χ3v) is 3.90. The fourth-order valence-electron chi connectivity index (χ4n) is 2.36. The monoisotopic (exact) mass is 375 g/mol. The molecule has 2 rings (SSSR count). The number of hydrogen-bond donors (Lipinski definition) is 1. The molecule has 1 aromatic carbocycles. The van der Waals surface area contributed by atoms with E-state index in [0.29, 0.717) is 17.0 Å². The van der Waals surface area contributed by atoms with Gasteiger partial charge in [-0.3, -0.25) is 9.78 Å². The smallest absolute Gasteiger partial charge is 0.333 e. The van der Waals surface area contributed by atoms with E-state index in [9.17, 15) is 14.0 Å². The standard InChI is InChI=1S/C20H22FNO5/c1-2-14-5-8-17(22-12-14)18(23)13-27-16-6-3-15(4-7-16)11-19(20(24)25)26-10-9-21/h3-8,12,19H,2,9-11,13H2,1H3,(H,24,25). The highest BCUT2D eigenvalue weighted by molar-refractivity contribution is 5.95.